The lowest BCUT2D eigenvalue weighted by Gasteiger charge is -2.25. The second-order valence-corrected chi connectivity index (χ2v) is 5.40. The summed E-state index contributed by atoms with van der Waals surface area (Å²) in [5.74, 6) is -0.615. The van der Waals surface area contributed by atoms with E-state index in [1.807, 2.05) is 17.0 Å². The minimum atomic E-state index is -0.398. The van der Waals surface area contributed by atoms with Gasteiger partial charge in [0.2, 0.25) is 11.8 Å². The van der Waals surface area contributed by atoms with Gasteiger partial charge in [-0.1, -0.05) is 12.8 Å². The van der Waals surface area contributed by atoms with Crippen LogP contribution in [0.5, 0.6) is 0 Å². The molecule has 2 amide bonds. The molecule has 0 aromatic heterocycles. The van der Waals surface area contributed by atoms with Gasteiger partial charge in [0.05, 0.1) is 18.1 Å². The number of nitriles is 2. The highest BCUT2D eigenvalue weighted by Crippen LogP contribution is 2.30. The topological polar surface area (TPSA) is 88.2 Å². The third-order valence-corrected chi connectivity index (χ3v) is 4.11. The number of carbonyl (C=O) groups excluding carboxylic acids is 2. The quantitative estimate of drug-likeness (QED) is 0.704. The predicted molar refractivity (Wildman–Crippen MR) is 69.9 cm³/mol. The Kier molecular flexibility index (Phi) is 4.57. The highest BCUT2D eigenvalue weighted by Gasteiger charge is 2.39. The summed E-state index contributed by atoms with van der Waals surface area (Å²) >= 11 is 0. The molecule has 0 radical (unpaired) electrons. The van der Waals surface area contributed by atoms with E-state index in [1.54, 1.807) is 0 Å². The molecular formula is C14H18N4O2. The Balaban J connectivity index is 1.99. The van der Waals surface area contributed by atoms with Crippen molar-refractivity contribution in [3.63, 3.8) is 0 Å². The van der Waals surface area contributed by atoms with E-state index in [4.69, 9.17) is 10.5 Å². The predicted octanol–water partition coefficient (Wildman–Crippen LogP) is 0.653. The summed E-state index contributed by atoms with van der Waals surface area (Å²) in [6.07, 6.45) is 4.53. The lowest BCUT2D eigenvalue weighted by atomic mass is 10.1. The third-order valence-electron chi connectivity index (χ3n) is 4.11. The fourth-order valence-electron chi connectivity index (χ4n) is 3.11. The molecule has 6 heteroatoms. The molecule has 2 aliphatic rings. The van der Waals surface area contributed by atoms with Crippen LogP contribution < -0.4 is 0 Å². The molecule has 1 saturated carbocycles. The molecule has 20 heavy (non-hydrogen) atoms. The summed E-state index contributed by atoms with van der Waals surface area (Å²) in [7, 11) is 0. The monoisotopic (exact) mass is 274 g/mol. The molecule has 2 fully saturated rings. The normalized spacial score (nSPS) is 22.6. The Labute approximate surface area is 118 Å². The Morgan fingerprint density at radius 3 is 2.40 bits per heavy atom. The van der Waals surface area contributed by atoms with Crippen LogP contribution in [0.15, 0.2) is 0 Å². The van der Waals surface area contributed by atoms with Crippen LogP contribution >= 0.6 is 0 Å². The zero-order chi connectivity index (χ0) is 14.5. The fraction of sp³-hybridized carbons (Fsp3) is 0.714. The first-order chi connectivity index (χ1) is 9.67. The van der Waals surface area contributed by atoms with E-state index < -0.39 is 5.92 Å². The van der Waals surface area contributed by atoms with Crippen LogP contribution in [0.4, 0.5) is 0 Å². The fourth-order valence-corrected chi connectivity index (χ4v) is 3.11. The number of likely N-dealkylation sites (tertiary alicyclic amines) is 1. The van der Waals surface area contributed by atoms with Gasteiger partial charge in [0, 0.05) is 19.0 Å². The number of hydrogen-bond acceptors (Lipinski definition) is 4. The second kappa shape index (κ2) is 6.38. The minimum absolute atomic E-state index is 0.0316. The minimum Gasteiger partial charge on any atom is -0.339 e. The molecule has 0 N–H and O–H groups in total. The van der Waals surface area contributed by atoms with E-state index in [0.717, 1.165) is 25.7 Å². The Hall–Kier alpha value is -2.08. The molecule has 1 heterocycles. The van der Waals surface area contributed by atoms with Crippen LogP contribution in [0.1, 0.15) is 32.1 Å². The maximum Gasteiger partial charge on any atom is 0.229 e. The molecule has 0 unspecified atom stereocenters. The zero-order valence-corrected chi connectivity index (χ0v) is 11.4. The highest BCUT2D eigenvalue weighted by molar-refractivity contribution is 5.89. The standard InChI is InChI=1S/C14H18N4O2/c15-5-7-17(8-6-16)14(20)11-9-13(19)18(10-11)12-3-1-2-4-12/h11-12H,1-4,7-10H2/t11-/m0/s1. The van der Waals surface area contributed by atoms with Gasteiger partial charge in [-0.05, 0) is 12.8 Å². The Bertz CT molecular complexity index is 455. The lowest BCUT2D eigenvalue weighted by molar-refractivity contribution is -0.134. The molecule has 0 spiro atoms. The SMILES string of the molecule is N#CCN(CC#N)C(=O)[C@H]1CC(=O)N(C2CCCC2)C1. The average Bonchev–Trinajstić information content (AvgIpc) is 3.06. The third kappa shape index (κ3) is 2.91. The van der Waals surface area contributed by atoms with E-state index in [-0.39, 0.29) is 37.4 Å². The van der Waals surface area contributed by atoms with Gasteiger partial charge < -0.3 is 9.80 Å². The van der Waals surface area contributed by atoms with Crippen molar-refractivity contribution in [1.29, 1.82) is 10.5 Å². The largest absolute Gasteiger partial charge is 0.339 e. The smallest absolute Gasteiger partial charge is 0.229 e. The summed E-state index contributed by atoms with van der Waals surface area (Å²) in [4.78, 5) is 27.4. The molecule has 6 nitrogen and oxygen atoms in total. The van der Waals surface area contributed by atoms with Crippen molar-refractivity contribution in [1.82, 2.24) is 9.80 Å². The average molecular weight is 274 g/mol. The van der Waals surface area contributed by atoms with Gasteiger partial charge in [0.25, 0.3) is 0 Å². The van der Waals surface area contributed by atoms with E-state index in [0.29, 0.717) is 6.54 Å². The van der Waals surface area contributed by atoms with Crippen molar-refractivity contribution in [3.8, 4) is 12.1 Å². The first kappa shape index (κ1) is 14.3. The van der Waals surface area contributed by atoms with E-state index in [2.05, 4.69) is 0 Å². The van der Waals surface area contributed by atoms with Gasteiger partial charge in [-0.3, -0.25) is 9.59 Å². The highest BCUT2D eigenvalue weighted by atomic mass is 16.2. The zero-order valence-electron chi connectivity index (χ0n) is 11.4. The number of amides is 2. The van der Waals surface area contributed by atoms with Crippen molar-refractivity contribution in [3.05, 3.63) is 0 Å². The summed E-state index contributed by atoms with van der Waals surface area (Å²) in [6.45, 7) is 0.247. The number of rotatable bonds is 4. The first-order valence-corrected chi connectivity index (χ1v) is 6.99. The Morgan fingerprint density at radius 1 is 1.25 bits per heavy atom. The number of carbonyl (C=O) groups is 2. The van der Waals surface area contributed by atoms with E-state index in [1.165, 1.54) is 4.90 Å². The maximum absolute atomic E-state index is 12.3. The lowest BCUT2D eigenvalue weighted by Crippen LogP contribution is -2.39. The summed E-state index contributed by atoms with van der Waals surface area (Å²) < 4.78 is 0. The molecule has 1 atom stereocenters. The number of hydrogen-bond donors (Lipinski definition) is 0. The van der Waals surface area contributed by atoms with Crippen molar-refractivity contribution < 1.29 is 9.59 Å². The molecule has 1 saturated heterocycles. The molecule has 0 aromatic carbocycles. The van der Waals surface area contributed by atoms with Crippen LogP contribution in [-0.2, 0) is 9.59 Å². The molecule has 2 rings (SSSR count). The molecular weight excluding hydrogens is 256 g/mol. The van der Waals surface area contributed by atoms with Gasteiger partial charge in [-0.2, -0.15) is 10.5 Å². The molecule has 0 aromatic rings. The summed E-state index contributed by atoms with van der Waals surface area (Å²) in [5.41, 5.74) is 0. The van der Waals surface area contributed by atoms with Crippen molar-refractivity contribution in [2.24, 2.45) is 5.92 Å². The van der Waals surface area contributed by atoms with Gasteiger partial charge in [-0.25, -0.2) is 0 Å². The molecule has 1 aliphatic carbocycles. The van der Waals surface area contributed by atoms with Gasteiger partial charge in [0.15, 0.2) is 0 Å². The summed E-state index contributed by atoms with van der Waals surface area (Å²) in [6, 6.07) is 4.06. The van der Waals surface area contributed by atoms with Gasteiger partial charge in [-0.15, -0.1) is 0 Å². The van der Waals surface area contributed by atoms with Crippen molar-refractivity contribution >= 4 is 11.8 Å². The van der Waals surface area contributed by atoms with Gasteiger partial charge >= 0.3 is 0 Å². The second-order valence-electron chi connectivity index (χ2n) is 5.40. The molecule has 0 bridgehead atoms. The van der Waals surface area contributed by atoms with Crippen LogP contribution in [0.25, 0.3) is 0 Å². The van der Waals surface area contributed by atoms with Crippen LogP contribution in [0, 0.1) is 28.6 Å². The van der Waals surface area contributed by atoms with E-state index in [9.17, 15) is 9.59 Å². The molecule has 106 valence electrons. The van der Waals surface area contributed by atoms with Crippen molar-refractivity contribution in [2.75, 3.05) is 19.6 Å². The van der Waals surface area contributed by atoms with E-state index >= 15 is 0 Å². The first-order valence-electron chi connectivity index (χ1n) is 6.99. The summed E-state index contributed by atoms with van der Waals surface area (Å²) in [5, 5.41) is 17.4. The van der Waals surface area contributed by atoms with Crippen LogP contribution in [-0.4, -0.2) is 47.3 Å². The van der Waals surface area contributed by atoms with Crippen LogP contribution in [0.3, 0.4) is 0 Å². The molecule has 1 aliphatic heterocycles. The number of nitrogens with zero attached hydrogens (tertiary/aromatic N) is 4. The van der Waals surface area contributed by atoms with Crippen LogP contribution in [0.2, 0.25) is 0 Å². The maximum atomic E-state index is 12.3. The van der Waals surface area contributed by atoms with Gasteiger partial charge in [0.1, 0.15) is 13.1 Å². The van der Waals surface area contributed by atoms with Crippen molar-refractivity contribution in [2.45, 2.75) is 38.1 Å². The Morgan fingerprint density at radius 2 is 1.85 bits per heavy atom.